The molecule has 232 valence electrons. The number of ether oxygens (including phenoxy) is 1. The highest BCUT2D eigenvalue weighted by Gasteiger charge is 2.42. The summed E-state index contributed by atoms with van der Waals surface area (Å²) in [6.07, 6.45) is 7.88. The van der Waals surface area contributed by atoms with Gasteiger partial charge in [-0.2, -0.15) is 0 Å². The number of sulfonamides is 2. The van der Waals surface area contributed by atoms with E-state index in [9.17, 15) is 26.4 Å². The Kier molecular flexibility index (Phi) is 11.1. The Bertz CT molecular complexity index is 1090. The molecule has 4 aliphatic carbocycles. The van der Waals surface area contributed by atoms with Crippen LogP contribution in [-0.2, 0) is 34.4 Å². The molecule has 0 heterocycles. The fourth-order valence-corrected chi connectivity index (χ4v) is 9.07. The second kappa shape index (κ2) is 13.4. The van der Waals surface area contributed by atoms with Crippen LogP contribution in [0.2, 0.25) is 0 Å². The molecule has 12 heteroatoms. The number of nitrogens with one attached hydrogen (secondary N) is 2. The maximum Gasteiger partial charge on any atom is 0.309 e. The van der Waals surface area contributed by atoms with Gasteiger partial charge in [0.05, 0.1) is 22.3 Å². The first kappa shape index (κ1) is 33.3. The van der Waals surface area contributed by atoms with Gasteiger partial charge in [-0.15, -0.1) is 0 Å². The van der Waals surface area contributed by atoms with Crippen molar-refractivity contribution < 1.29 is 36.3 Å². The van der Waals surface area contributed by atoms with E-state index in [0.29, 0.717) is 25.4 Å². The van der Waals surface area contributed by atoms with E-state index in [4.69, 9.17) is 9.84 Å². The number of carbonyl (C=O) groups is 2. The first-order chi connectivity index (χ1) is 18.6. The molecule has 4 saturated carbocycles. The van der Waals surface area contributed by atoms with Crippen LogP contribution >= 0.6 is 0 Å². The van der Waals surface area contributed by atoms with Crippen molar-refractivity contribution in [3.05, 3.63) is 0 Å². The summed E-state index contributed by atoms with van der Waals surface area (Å²) in [7, 11) is -6.27. The van der Waals surface area contributed by atoms with Gasteiger partial charge in [-0.25, -0.2) is 26.3 Å². The first-order valence-electron chi connectivity index (χ1n) is 15.0. The summed E-state index contributed by atoms with van der Waals surface area (Å²) >= 11 is 0. The van der Waals surface area contributed by atoms with Crippen molar-refractivity contribution in [3.63, 3.8) is 0 Å². The number of carbonyl (C=O) groups excluding carboxylic acids is 1. The molecule has 0 aromatic rings. The Hall–Kier alpha value is -1.24. The smallest absolute Gasteiger partial charge is 0.309 e. The Morgan fingerprint density at radius 1 is 0.750 bits per heavy atom. The predicted octanol–water partition coefficient (Wildman–Crippen LogP) is 3.67. The SMILES string of the molecule is CCC1CC(CNS(=O)(=O)C2CC2)CC1C(=O)O.CCC1CC(CNS(=O)(=O)C2CC2)CC1C(=O)OC(C)(C)C. The lowest BCUT2D eigenvalue weighted by Crippen LogP contribution is -2.32. The van der Waals surface area contributed by atoms with Crippen LogP contribution < -0.4 is 9.44 Å². The van der Waals surface area contributed by atoms with Crippen molar-refractivity contribution >= 4 is 32.0 Å². The first-order valence-corrected chi connectivity index (χ1v) is 18.1. The molecule has 0 aromatic carbocycles. The van der Waals surface area contributed by atoms with Gasteiger partial charge in [-0.3, -0.25) is 9.59 Å². The molecule has 0 amide bonds. The molecular weight excluding hydrogens is 556 g/mol. The van der Waals surface area contributed by atoms with Gasteiger partial charge in [0.15, 0.2) is 0 Å². The van der Waals surface area contributed by atoms with Gasteiger partial charge in [-0.1, -0.05) is 26.7 Å². The van der Waals surface area contributed by atoms with Crippen LogP contribution in [0.5, 0.6) is 0 Å². The van der Waals surface area contributed by atoms with Crippen LogP contribution in [-0.4, -0.2) is 63.1 Å². The van der Waals surface area contributed by atoms with E-state index in [1.54, 1.807) is 0 Å². The lowest BCUT2D eigenvalue weighted by atomic mass is 9.93. The molecule has 4 aliphatic rings. The van der Waals surface area contributed by atoms with Gasteiger partial charge >= 0.3 is 11.9 Å². The van der Waals surface area contributed by atoms with Gasteiger partial charge in [0.25, 0.3) is 0 Å². The lowest BCUT2D eigenvalue weighted by Gasteiger charge is -2.24. The third-order valence-electron chi connectivity index (χ3n) is 8.73. The Labute approximate surface area is 240 Å². The Balaban J connectivity index is 0.000000225. The molecule has 4 fully saturated rings. The molecule has 4 rings (SSSR count). The minimum atomic E-state index is -3.13. The maximum absolute atomic E-state index is 12.3. The molecule has 0 radical (unpaired) electrons. The van der Waals surface area contributed by atoms with Crippen molar-refractivity contribution in [2.75, 3.05) is 13.1 Å². The Morgan fingerprint density at radius 3 is 1.48 bits per heavy atom. The average molecular weight is 607 g/mol. The molecule has 6 atom stereocenters. The fraction of sp³-hybridized carbons (Fsp3) is 0.929. The van der Waals surface area contributed by atoms with Gasteiger partial charge in [0, 0.05) is 13.1 Å². The zero-order valence-electron chi connectivity index (χ0n) is 24.7. The number of hydrogen-bond acceptors (Lipinski definition) is 7. The maximum atomic E-state index is 12.3. The van der Waals surface area contributed by atoms with E-state index in [-0.39, 0.29) is 46.1 Å². The van der Waals surface area contributed by atoms with Crippen molar-refractivity contribution in [2.24, 2.45) is 35.5 Å². The summed E-state index contributed by atoms with van der Waals surface area (Å²) in [6.45, 7) is 10.6. The summed E-state index contributed by atoms with van der Waals surface area (Å²) < 4.78 is 58.1. The van der Waals surface area contributed by atoms with Crippen LogP contribution in [0.15, 0.2) is 0 Å². The van der Waals surface area contributed by atoms with E-state index < -0.39 is 31.6 Å². The van der Waals surface area contributed by atoms with E-state index in [0.717, 1.165) is 57.8 Å². The molecule has 0 spiro atoms. The van der Waals surface area contributed by atoms with Crippen LogP contribution in [0.1, 0.15) is 98.8 Å². The van der Waals surface area contributed by atoms with Gasteiger partial charge in [0.2, 0.25) is 20.0 Å². The number of carboxylic acid groups (broad SMARTS) is 1. The molecule has 6 unspecified atom stereocenters. The van der Waals surface area contributed by atoms with Gasteiger partial charge in [0.1, 0.15) is 5.60 Å². The standard InChI is InChI=1S/C16H29NO4S.C12H21NO4S/c1-5-12-8-11(10-17-22(19,20)13-6-7-13)9-14(12)15(18)21-16(2,3)4;1-2-9-5-8(6-11(9)12(14)15)7-13-18(16,17)10-3-4-10/h11-14,17H,5-10H2,1-4H3;8-11,13H,2-7H2,1H3,(H,14,15). The summed E-state index contributed by atoms with van der Waals surface area (Å²) in [4.78, 5) is 23.4. The highest BCUT2D eigenvalue weighted by atomic mass is 32.2. The topological polar surface area (TPSA) is 156 Å². The quantitative estimate of drug-likeness (QED) is 0.284. The van der Waals surface area contributed by atoms with Gasteiger partial charge in [-0.05, 0) is 95.8 Å². The number of aliphatic carboxylic acids is 1. The summed E-state index contributed by atoms with van der Waals surface area (Å²) in [5, 5.41) is 8.74. The summed E-state index contributed by atoms with van der Waals surface area (Å²) in [6, 6.07) is 0. The van der Waals surface area contributed by atoms with Crippen molar-refractivity contribution in [1.29, 1.82) is 0 Å². The molecular formula is C28H50N2O8S2. The summed E-state index contributed by atoms with van der Waals surface area (Å²) in [5.41, 5.74) is -0.471. The fourth-order valence-electron chi connectivity index (χ4n) is 6.15. The molecule has 10 nitrogen and oxygen atoms in total. The van der Waals surface area contributed by atoms with Crippen LogP contribution in [0.4, 0.5) is 0 Å². The zero-order chi connectivity index (χ0) is 29.9. The van der Waals surface area contributed by atoms with Crippen LogP contribution in [0, 0.1) is 35.5 Å². The van der Waals surface area contributed by atoms with Crippen LogP contribution in [0.25, 0.3) is 0 Å². The molecule has 0 aromatic heterocycles. The lowest BCUT2D eigenvalue weighted by molar-refractivity contribution is -0.161. The summed E-state index contributed by atoms with van der Waals surface area (Å²) in [5.74, 6) is -0.379. The number of esters is 1. The normalized spacial score (nSPS) is 30.9. The third kappa shape index (κ3) is 9.66. The van der Waals surface area contributed by atoms with E-state index in [1.165, 1.54) is 0 Å². The van der Waals surface area contributed by atoms with Crippen molar-refractivity contribution in [3.8, 4) is 0 Å². The third-order valence-corrected chi connectivity index (χ3v) is 12.6. The molecule has 40 heavy (non-hydrogen) atoms. The molecule has 0 saturated heterocycles. The second-order valence-electron chi connectivity index (χ2n) is 13.3. The number of rotatable bonds is 12. The number of carboxylic acids is 1. The minimum Gasteiger partial charge on any atom is -0.481 e. The molecule has 0 aliphatic heterocycles. The minimum absolute atomic E-state index is 0.0975. The highest BCUT2D eigenvalue weighted by molar-refractivity contribution is 7.90. The van der Waals surface area contributed by atoms with E-state index in [2.05, 4.69) is 16.4 Å². The second-order valence-corrected chi connectivity index (χ2v) is 17.4. The predicted molar refractivity (Wildman–Crippen MR) is 153 cm³/mol. The van der Waals surface area contributed by atoms with Gasteiger partial charge < -0.3 is 9.84 Å². The Morgan fingerprint density at radius 2 is 1.15 bits per heavy atom. The van der Waals surface area contributed by atoms with Crippen molar-refractivity contribution in [2.45, 2.75) is 115 Å². The van der Waals surface area contributed by atoms with Crippen molar-refractivity contribution in [1.82, 2.24) is 9.44 Å². The molecule has 0 bridgehead atoms. The largest absolute Gasteiger partial charge is 0.481 e. The monoisotopic (exact) mass is 606 g/mol. The highest BCUT2D eigenvalue weighted by Crippen LogP contribution is 2.40. The van der Waals surface area contributed by atoms with E-state index in [1.807, 2.05) is 27.7 Å². The zero-order valence-corrected chi connectivity index (χ0v) is 26.4. The number of hydrogen-bond donors (Lipinski definition) is 3. The molecule has 3 N–H and O–H groups in total. The van der Waals surface area contributed by atoms with E-state index >= 15 is 0 Å². The van der Waals surface area contributed by atoms with Crippen LogP contribution in [0.3, 0.4) is 0 Å². The average Bonchev–Trinajstić information content (AvgIpc) is 3.79.